The molecule has 26 heavy (non-hydrogen) atoms. The molecule has 6 nitrogen and oxygen atoms in total. The molecule has 0 amide bonds. The zero-order valence-electron chi connectivity index (χ0n) is 15.4. The lowest BCUT2D eigenvalue weighted by atomic mass is 10.1. The van der Waals surface area contributed by atoms with E-state index in [-0.39, 0.29) is 0 Å². The summed E-state index contributed by atoms with van der Waals surface area (Å²) in [7, 11) is 1.93. The van der Waals surface area contributed by atoms with Gasteiger partial charge in [0.25, 0.3) is 0 Å². The summed E-state index contributed by atoms with van der Waals surface area (Å²) in [6, 6.07) is 9.77. The number of aryl methyl sites for hydroxylation is 1. The highest BCUT2D eigenvalue weighted by Gasteiger charge is 2.18. The highest BCUT2D eigenvalue weighted by atomic mass is 32.1. The Balaban J connectivity index is 1.78. The van der Waals surface area contributed by atoms with Crippen molar-refractivity contribution in [2.45, 2.75) is 26.4 Å². The van der Waals surface area contributed by atoms with Crippen LogP contribution in [-0.2, 0) is 0 Å². The van der Waals surface area contributed by atoms with Crippen molar-refractivity contribution in [1.29, 1.82) is 0 Å². The van der Waals surface area contributed by atoms with Gasteiger partial charge in [0, 0.05) is 26.0 Å². The van der Waals surface area contributed by atoms with Gasteiger partial charge in [-0.2, -0.15) is 0 Å². The summed E-state index contributed by atoms with van der Waals surface area (Å²) in [5, 5.41) is 14.1. The maximum absolute atomic E-state index is 9.98. The van der Waals surface area contributed by atoms with Gasteiger partial charge >= 0.3 is 0 Å². The van der Waals surface area contributed by atoms with E-state index in [1.165, 1.54) is 0 Å². The maximum atomic E-state index is 9.98. The van der Waals surface area contributed by atoms with Crippen molar-refractivity contribution in [1.82, 2.24) is 15.0 Å². The molecule has 7 heteroatoms. The monoisotopic (exact) mass is 369 g/mol. The Morgan fingerprint density at radius 1 is 1.19 bits per heavy atom. The van der Waals surface area contributed by atoms with Crippen LogP contribution in [0.3, 0.4) is 0 Å². The number of aliphatic hydroxyl groups is 1. The van der Waals surface area contributed by atoms with Crippen LogP contribution in [-0.4, -0.2) is 39.3 Å². The van der Waals surface area contributed by atoms with E-state index in [2.05, 4.69) is 20.3 Å². The number of likely N-dealkylation sites (N-methyl/N-ethyl adjacent to an activating group) is 1. The van der Waals surface area contributed by atoms with Crippen molar-refractivity contribution >= 4 is 28.1 Å². The number of hydrogen-bond donors (Lipinski definition) is 2. The van der Waals surface area contributed by atoms with Crippen LogP contribution in [0.1, 0.15) is 19.4 Å². The van der Waals surface area contributed by atoms with Crippen LogP contribution < -0.4 is 10.2 Å². The standard InChI is InChI=1S/C19H23N5OS/c1-13-8-9-20-17(10-13)23-16-7-5-6-14(22-16)15-11-21-18(26-15)24(4)12-19(2,3)25/h5-11,25H,12H2,1-4H3,(H,20,22,23). The molecule has 0 aliphatic rings. The molecule has 0 saturated heterocycles. The Kier molecular flexibility index (Phi) is 5.20. The minimum Gasteiger partial charge on any atom is -0.389 e. The van der Waals surface area contributed by atoms with Crippen molar-refractivity contribution in [2.75, 3.05) is 23.8 Å². The molecule has 0 aliphatic carbocycles. The lowest BCUT2D eigenvalue weighted by Gasteiger charge is -2.24. The van der Waals surface area contributed by atoms with Crippen LogP contribution in [0.4, 0.5) is 16.8 Å². The number of nitrogens with zero attached hydrogens (tertiary/aromatic N) is 4. The summed E-state index contributed by atoms with van der Waals surface area (Å²) in [6.07, 6.45) is 3.59. The summed E-state index contributed by atoms with van der Waals surface area (Å²) in [4.78, 5) is 16.4. The Morgan fingerprint density at radius 3 is 2.73 bits per heavy atom. The minimum absolute atomic E-state index is 0.508. The van der Waals surface area contributed by atoms with Crippen LogP contribution >= 0.6 is 11.3 Å². The van der Waals surface area contributed by atoms with Crippen molar-refractivity contribution < 1.29 is 5.11 Å². The first-order valence-electron chi connectivity index (χ1n) is 8.37. The molecule has 0 atom stereocenters. The van der Waals surface area contributed by atoms with E-state index in [1.807, 2.05) is 55.4 Å². The average molecular weight is 369 g/mol. The van der Waals surface area contributed by atoms with Gasteiger partial charge < -0.3 is 15.3 Å². The van der Waals surface area contributed by atoms with E-state index < -0.39 is 5.60 Å². The third-order valence-electron chi connectivity index (χ3n) is 3.62. The predicted molar refractivity (Wildman–Crippen MR) is 107 cm³/mol. The third-order valence-corrected chi connectivity index (χ3v) is 4.75. The molecule has 136 valence electrons. The highest BCUT2D eigenvalue weighted by molar-refractivity contribution is 7.18. The lowest BCUT2D eigenvalue weighted by Crippen LogP contribution is -2.36. The van der Waals surface area contributed by atoms with E-state index in [9.17, 15) is 5.11 Å². The summed E-state index contributed by atoms with van der Waals surface area (Å²) >= 11 is 1.55. The number of pyridine rings is 2. The molecule has 2 N–H and O–H groups in total. The van der Waals surface area contributed by atoms with Crippen molar-refractivity contribution in [3.63, 3.8) is 0 Å². The lowest BCUT2D eigenvalue weighted by molar-refractivity contribution is 0.0886. The predicted octanol–water partition coefficient (Wildman–Crippen LogP) is 3.86. The summed E-state index contributed by atoms with van der Waals surface area (Å²) in [6.45, 7) is 6.11. The fourth-order valence-electron chi connectivity index (χ4n) is 2.59. The van der Waals surface area contributed by atoms with Crippen LogP contribution in [0.2, 0.25) is 0 Å². The van der Waals surface area contributed by atoms with E-state index in [0.717, 1.165) is 32.9 Å². The van der Waals surface area contributed by atoms with E-state index in [0.29, 0.717) is 6.54 Å². The molecule has 0 spiro atoms. The van der Waals surface area contributed by atoms with Gasteiger partial charge in [-0.05, 0) is 50.6 Å². The second-order valence-electron chi connectivity index (χ2n) is 6.93. The van der Waals surface area contributed by atoms with E-state index in [4.69, 9.17) is 0 Å². The first kappa shape index (κ1) is 18.3. The molecule has 0 radical (unpaired) electrons. The average Bonchev–Trinajstić information content (AvgIpc) is 3.04. The molecule has 3 aromatic rings. The molecule has 0 unspecified atom stereocenters. The zero-order chi connectivity index (χ0) is 18.7. The first-order chi connectivity index (χ1) is 12.3. The summed E-state index contributed by atoms with van der Waals surface area (Å²) in [5.74, 6) is 1.50. The minimum atomic E-state index is -0.774. The highest BCUT2D eigenvalue weighted by Crippen LogP contribution is 2.31. The maximum Gasteiger partial charge on any atom is 0.185 e. The van der Waals surface area contributed by atoms with Gasteiger partial charge in [-0.25, -0.2) is 15.0 Å². The fraction of sp³-hybridized carbons (Fsp3) is 0.316. The van der Waals surface area contributed by atoms with Crippen LogP contribution in [0.25, 0.3) is 10.6 Å². The molecule has 3 rings (SSSR count). The van der Waals surface area contributed by atoms with Gasteiger partial charge in [-0.15, -0.1) is 0 Å². The van der Waals surface area contributed by atoms with E-state index in [1.54, 1.807) is 31.4 Å². The first-order valence-corrected chi connectivity index (χ1v) is 9.18. The number of rotatable bonds is 6. The second-order valence-corrected chi connectivity index (χ2v) is 7.94. The number of nitrogens with one attached hydrogen (secondary N) is 1. The van der Waals surface area contributed by atoms with Crippen molar-refractivity contribution in [3.8, 4) is 10.6 Å². The van der Waals surface area contributed by atoms with Gasteiger partial charge in [0.1, 0.15) is 11.6 Å². The van der Waals surface area contributed by atoms with Crippen molar-refractivity contribution in [2.24, 2.45) is 0 Å². The van der Waals surface area contributed by atoms with Gasteiger partial charge in [0.15, 0.2) is 5.13 Å². The quantitative estimate of drug-likeness (QED) is 0.687. The molecule has 0 aromatic carbocycles. The smallest absolute Gasteiger partial charge is 0.185 e. The number of aromatic nitrogens is 3. The number of anilines is 3. The molecule has 3 aromatic heterocycles. The fourth-order valence-corrected chi connectivity index (χ4v) is 3.43. The topological polar surface area (TPSA) is 74.2 Å². The van der Waals surface area contributed by atoms with Crippen molar-refractivity contribution in [3.05, 3.63) is 48.3 Å². The second kappa shape index (κ2) is 7.39. The molecule has 0 saturated carbocycles. The Bertz CT molecular complexity index is 887. The largest absolute Gasteiger partial charge is 0.389 e. The van der Waals surface area contributed by atoms with Crippen LogP contribution in [0, 0.1) is 6.92 Å². The normalized spacial score (nSPS) is 11.4. The molecule has 0 aliphatic heterocycles. The van der Waals surface area contributed by atoms with Crippen LogP contribution in [0.5, 0.6) is 0 Å². The van der Waals surface area contributed by atoms with Gasteiger partial charge in [0.05, 0.1) is 16.2 Å². The third kappa shape index (κ3) is 4.77. The van der Waals surface area contributed by atoms with E-state index >= 15 is 0 Å². The van der Waals surface area contributed by atoms with Gasteiger partial charge in [-0.1, -0.05) is 17.4 Å². The van der Waals surface area contributed by atoms with Gasteiger partial charge in [-0.3, -0.25) is 0 Å². The Morgan fingerprint density at radius 2 is 2.00 bits per heavy atom. The molecule has 3 heterocycles. The molecule has 0 bridgehead atoms. The van der Waals surface area contributed by atoms with Crippen LogP contribution in [0.15, 0.2) is 42.7 Å². The molecular weight excluding hydrogens is 346 g/mol. The van der Waals surface area contributed by atoms with Gasteiger partial charge in [0.2, 0.25) is 0 Å². The SMILES string of the molecule is Cc1ccnc(Nc2cccc(-c3cnc(N(C)CC(C)(C)O)s3)n2)c1. The summed E-state index contributed by atoms with van der Waals surface area (Å²) in [5.41, 5.74) is 1.22. The summed E-state index contributed by atoms with van der Waals surface area (Å²) < 4.78 is 0. The number of thiazole rings is 1. The molecule has 0 fully saturated rings. The Labute approximate surface area is 157 Å². The number of hydrogen-bond acceptors (Lipinski definition) is 7. The Hall–Kier alpha value is -2.51. The molecular formula is C19H23N5OS. The zero-order valence-corrected chi connectivity index (χ0v) is 16.2.